The van der Waals surface area contributed by atoms with Crippen LogP contribution in [0, 0.1) is 29.6 Å². The molecule has 0 aromatic heterocycles. The molecule has 0 aliphatic heterocycles. The maximum Gasteiger partial charge on any atom is -0.00169 e. The summed E-state index contributed by atoms with van der Waals surface area (Å²) >= 11 is 0. The summed E-state index contributed by atoms with van der Waals surface area (Å²) < 4.78 is 0. The summed E-state index contributed by atoms with van der Waals surface area (Å²) in [5.41, 5.74) is 4.83. The second-order valence-electron chi connectivity index (χ2n) is 13.1. The van der Waals surface area contributed by atoms with E-state index in [1.54, 1.807) is 16.7 Å². The summed E-state index contributed by atoms with van der Waals surface area (Å²) in [6, 6.07) is 8.80. The minimum atomic E-state index is 0. The van der Waals surface area contributed by atoms with Gasteiger partial charge in [-0.2, -0.15) is 0 Å². The van der Waals surface area contributed by atoms with Crippen molar-refractivity contribution in [3.8, 4) is 0 Å². The Morgan fingerprint density at radius 1 is 0.535 bits per heavy atom. The number of rotatable bonds is 0. The average molecular weight is 587 g/mol. The molecule has 3 saturated carbocycles. The van der Waals surface area contributed by atoms with Gasteiger partial charge in [0.2, 0.25) is 0 Å². The fraction of sp³-hybridized carbons (Fsp3) is 0.628. The van der Waals surface area contributed by atoms with E-state index in [2.05, 4.69) is 78.9 Å². The van der Waals surface area contributed by atoms with Crippen LogP contribution in [0.5, 0.6) is 0 Å². The second kappa shape index (κ2) is 21.6. The van der Waals surface area contributed by atoms with Crippen LogP contribution >= 0.6 is 0 Å². The van der Waals surface area contributed by atoms with Crippen molar-refractivity contribution in [3.63, 3.8) is 0 Å². The number of aryl methyl sites for hydroxylation is 2. The smallest absolute Gasteiger partial charge is 0.00169 e. The standard InChI is InChI=1S/C10H12.C9H14.C8H10.C7H10.C5H8.4CH4/c1-2-6-10-8-4-3-7-9(10)5-1;1-2-5-9-7-3-6-8(9)4-1;1-3-7-5-2-6-8(7)4-1;1-2-7-4-3-6(1)5-7;1-2-4-5-3-1;;;;/h1-2,5-6H,3-4,7-8H2;3,6,8-9H,1-2,4-5,7H2;1,3-4,7H,2,5-6H2;1-2,6-7H,3-5H2;1-2H,3-5H2;4*1H4. The lowest BCUT2D eigenvalue weighted by atomic mass is 9.82. The molecule has 0 N–H and O–H groups in total. The van der Waals surface area contributed by atoms with E-state index in [0.29, 0.717) is 0 Å². The zero-order valence-corrected chi connectivity index (χ0v) is 24.6. The molecule has 8 aliphatic carbocycles. The largest absolute Gasteiger partial charge is 0.0885 e. The molecule has 43 heavy (non-hydrogen) atoms. The van der Waals surface area contributed by atoms with Gasteiger partial charge in [-0.15, -0.1) is 0 Å². The van der Waals surface area contributed by atoms with Gasteiger partial charge in [-0.1, -0.05) is 127 Å². The third-order valence-electron chi connectivity index (χ3n) is 10.2. The molecule has 0 heteroatoms. The third-order valence-corrected chi connectivity index (χ3v) is 10.2. The molecule has 5 unspecified atom stereocenters. The molecule has 0 saturated heterocycles. The van der Waals surface area contributed by atoms with Gasteiger partial charge in [0.15, 0.2) is 0 Å². The molecule has 5 atom stereocenters. The van der Waals surface area contributed by atoms with Crippen molar-refractivity contribution in [2.45, 2.75) is 145 Å². The Hall–Kier alpha value is -2.08. The highest BCUT2D eigenvalue weighted by molar-refractivity contribution is 5.30. The lowest BCUT2D eigenvalue weighted by Crippen LogP contribution is -2.12. The maximum absolute atomic E-state index is 2.43. The Morgan fingerprint density at radius 3 is 1.70 bits per heavy atom. The van der Waals surface area contributed by atoms with Crippen LogP contribution in [0.15, 0.2) is 84.5 Å². The van der Waals surface area contributed by atoms with Crippen molar-refractivity contribution in [2.75, 3.05) is 0 Å². The van der Waals surface area contributed by atoms with E-state index in [9.17, 15) is 0 Å². The van der Waals surface area contributed by atoms with Gasteiger partial charge >= 0.3 is 0 Å². The average Bonchev–Trinajstić information content (AvgIpc) is 3.85. The Morgan fingerprint density at radius 2 is 1.19 bits per heavy atom. The minimum Gasteiger partial charge on any atom is -0.0885 e. The van der Waals surface area contributed by atoms with E-state index in [0.717, 1.165) is 29.6 Å². The molecule has 0 spiro atoms. The summed E-state index contributed by atoms with van der Waals surface area (Å²) in [7, 11) is 0. The molecular formula is C43H70. The van der Waals surface area contributed by atoms with Gasteiger partial charge in [-0.05, 0) is 143 Å². The molecule has 242 valence electrons. The van der Waals surface area contributed by atoms with Gasteiger partial charge in [-0.3, -0.25) is 0 Å². The summed E-state index contributed by atoms with van der Waals surface area (Å²) in [6.45, 7) is 0. The normalized spacial score (nSPS) is 28.4. The minimum absolute atomic E-state index is 0. The van der Waals surface area contributed by atoms with Gasteiger partial charge in [0, 0.05) is 0 Å². The van der Waals surface area contributed by atoms with Crippen LogP contribution < -0.4 is 0 Å². The van der Waals surface area contributed by atoms with E-state index in [1.807, 2.05) is 0 Å². The van der Waals surface area contributed by atoms with Crippen LogP contribution in [-0.4, -0.2) is 0 Å². The number of hydrogen-bond acceptors (Lipinski definition) is 0. The molecule has 3 fully saturated rings. The Kier molecular flexibility index (Phi) is 19.6. The fourth-order valence-electron chi connectivity index (χ4n) is 7.83. The van der Waals surface area contributed by atoms with Crippen LogP contribution in [0.3, 0.4) is 0 Å². The summed E-state index contributed by atoms with van der Waals surface area (Å²) in [5.74, 6) is 4.88. The SMILES string of the molecule is C.C.C.C.C1=CC2CCC1C2.C1=CC2CCCC2=C1.C1=CC2CCCCC2C1.C1=CCCC1.c1ccc2c(c1)CCCC2. The first-order valence-corrected chi connectivity index (χ1v) is 16.8. The lowest BCUT2D eigenvalue weighted by Gasteiger charge is -2.23. The van der Waals surface area contributed by atoms with Crippen LogP contribution in [0.2, 0.25) is 0 Å². The van der Waals surface area contributed by atoms with E-state index in [-0.39, 0.29) is 29.7 Å². The third kappa shape index (κ3) is 12.4. The molecule has 0 heterocycles. The molecule has 0 nitrogen and oxygen atoms in total. The number of hydrogen-bond donors (Lipinski definition) is 0. The first-order valence-electron chi connectivity index (χ1n) is 16.8. The molecule has 8 aliphatic rings. The first kappa shape index (κ1) is 38.9. The molecule has 9 rings (SSSR count). The molecule has 0 amide bonds. The number of allylic oxidation sites excluding steroid dienone is 10. The van der Waals surface area contributed by atoms with Gasteiger partial charge in [-0.25, -0.2) is 0 Å². The van der Waals surface area contributed by atoms with Gasteiger partial charge in [0.25, 0.3) is 0 Å². The molecule has 1 aromatic rings. The van der Waals surface area contributed by atoms with Crippen molar-refractivity contribution in [2.24, 2.45) is 29.6 Å². The highest BCUT2D eigenvalue weighted by Gasteiger charge is 2.26. The van der Waals surface area contributed by atoms with Crippen molar-refractivity contribution in [3.05, 3.63) is 95.6 Å². The van der Waals surface area contributed by atoms with Crippen LogP contribution in [0.1, 0.15) is 144 Å². The monoisotopic (exact) mass is 587 g/mol. The molecule has 2 bridgehead atoms. The predicted molar refractivity (Wildman–Crippen MR) is 197 cm³/mol. The zero-order chi connectivity index (χ0) is 26.5. The maximum atomic E-state index is 2.43. The second-order valence-corrected chi connectivity index (χ2v) is 13.1. The fourth-order valence-corrected chi connectivity index (χ4v) is 7.83. The lowest BCUT2D eigenvalue weighted by molar-refractivity contribution is 0.304. The number of benzene rings is 1. The van der Waals surface area contributed by atoms with Gasteiger partial charge in [0.05, 0.1) is 0 Å². The van der Waals surface area contributed by atoms with E-state index in [1.165, 1.54) is 116 Å². The van der Waals surface area contributed by atoms with Crippen molar-refractivity contribution >= 4 is 0 Å². The summed E-state index contributed by atoms with van der Waals surface area (Å²) in [6.07, 6.45) is 46.2. The summed E-state index contributed by atoms with van der Waals surface area (Å²) in [5, 5.41) is 0. The van der Waals surface area contributed by atoms with Crippen molar-refractivity contribution < 1.29 is 0 Å². The van der Waals surface area contributed by atoms with Crippen molar-refractivity contribution in [1.82, 2.24) is 0 Å². The highest BCUT2D eigenvalue weighted by Crippen LogP contribution is 2.38. The Bertz CT molecular complexity index is 973. The summed E-state index contributed by atoms with van der Waals surface area (Å²) in [4.78, 5) is 0. The topological polar surface area (TPSA) is 0 Å². The van der Waals surface area contributed by atoms with Crippen molar-refractivity contribution in [1.29, 1.82) is 0 Å². The van der Waals surface area contributed by atoms with E-state index >= 15 is 0 Å². The quantitative estimate of drug-likeness (QED) is 0.265. The van der Waals surface area contributed by atoms with Crippen LogP contribution in [0.4, 0.5) is 0 Å². The highest BCUT2D eigenvalue weighted by atomic mass is 14.3. The predicted octanol–water partition coefficient (Wildman–Crippen LogP) is 13.8. The zero-order valence-electron chi connectivity index (χ0n) is 24.6. The van der Waals surface area contributed by atoms with Gasteiger partial charge in [0.1, 0.15) is 0 Å². The molecular weight excluding hydrogens is 516 g/mol. The van der Waals surface area contributed by atoms with Crippen LogP contribution in [-0.2, 0) is 12.8 Å². The molecule has 1 aromatic carbocycles. The van der Waals surface area contributed by atoms with Crippen LogP contribution in [0.25, 0.3) is 0 Å². The van der Waals surface area contributed by atoms with Gasteiger partial charge < -0.3 is 0 Å². The number of fused-ring (bicyclic) bond motifs is 5. The van der Waals surface area contributed by atoms with E-state index in [4.69, 9.17) is 0 Å². The first-order chi connectivity index (χ1) is 19.3. The Labute approximate surface area is 269 Å². The van der Waals surface area contributed by atoms with E-state index < -0.39 is 0 Å². The molecule has 0 radical (unpaired) electrons. The Balaban J connectivity index is 0.000000266.